The van der Waals surface area contributed by atoms with Gasteiger partial charge in [-0.25, -0.2) is 0 Å². The van der Waals surface area contributed by atoms with Crippen molar-refractivity contribution in [2.45, 2.75) is 31.4 Å². The zero-order valence-electron chi connectivity index (χ0n) is 9.98. The maximum absolute atomic E-state index is 10.9. The van der Waals surface area contributed by atoms with Crippen molar-refractivity contribution in [3.63, 3.8) is 0 Å². The Morgan fingerprint density at radius 3 is 2.94 bits per heavy atom. The van der Waals surface area contributed by atoms with E-state index in [-0.39, 0.29) is 0 Å². The van der Waals surface area contributed by atoms with Crippen molar-refractivity contribution < 1.29 is 5.11 Å². The Morgan fingerprint density at radius 2 is 2.12 bits per heavy atom. The van der Waals surface area contributed by atoms with Crippen LogP contribution in [-0.2, 0) is 12.0 Å². The minimum atomic E-state index is -0.591. The molecule has 3 rings (SSSR count). The fourth-order valence-corrected chi connectivity index (χ4v) is 3.50. The molecule has 16 heavy (non-hydrogen) atoms. The molecular formula is C14H19NO. The predicted octanol–water partition coefficient (Wildman–Crippen LogP) is 1.77. The summed E-state index contributed by atoms with van der Waals surface area (Å²) in [5.41, 5.74) is 1.91. The number of piperidine rings is 1. The highest BCUT2D eigenvalue weighted by atomic mass is 16.3. The molecule has 1 fully saturated rings. The van der Waals surface area contributed by atoms with E-state index in [1.54, 1.807) is 0 Å². The van der Waals surface area contributed by atoms with Crippen LogP contribution >= 0.6 is 0 Å². The summed E-state index contributed by atoms with van der Waals surface area (Å²) in [6, 6.07) is 8.88. The van der Waals surface area contributed by atoms with Crippen LogP contribution in [0.3, 0.4) is 0 Å². The Balaban J connectivity index is 2.15. The number of rotatable bonds is 0. The number of fused-ring (bicyclic) bond motifs is 4. The molecule has 0 radical (unpaired) electrons. The highest BCUT2D eigenvalue weighted by molar-refractivity contribution is 5.38. The van der Waals surface area contributed by atoms with Crippen molar-refractivity contribution in [1.82, 2.24) is 4.90 Å². The molecule has 2 heteroatoms. The van der Waals surface area contributed by atoms with Gasteiger partial charge in [-0.05, 0) is 31.0 Å². The quantitative estimate of drug-likeness (QED) is 0.716. The summed E-state index contributed by atoms with van der Waals surface area (Å²) < 4.78 is 0. The second-order valence-electron chi connectivity index (χ2n) is 5.37. The Bertz CT molecular complexity index is 417. The predicted molar refractivity (Wildman–Crippen MR) is 64.2 cm³/mol. The molecule has 1 aromatic rings. The third kappa shape index (κ3) is 1.20. The Kier molecular flexibility index (Phi) is 2.13. The maximum Gasteiger partial charge on any atom is 0.0951 e. The fraction of sp³-hybridized carbons (Fsp3) is 0.571. The number of likely N-dealkylation sites (N-methyl/N-ethyl adjacent to an activating group) is 1. The van der Waals surface area contributed by atoms with Gasteiger partial charge in [-0.3, -0.25) is 0 Å². The molecule has 1 aliphatic carbocycles. The summed E-state index contributed by atoms with van der Waals surface area (Å²) in [5.74, 6) is 0.334. The number of likely N-dealkylation sites (tertiary alicyclic amines) is 1. The van der Waals surface area contributed by atoms with E-state index in [9.17, 15) is 5.11 Å². The van der Waals surface area contributed by atoms with Gasteiger partial charge < -0.3 is 10.0 Å². The van der Waals surface area contributed by atoms with E-state index in [1.807, 2.05) is 6.07 Å². The lowest BCUT2D eigenvalue weighted by molar-refractivity contribution is -0.103. The molecule has 2 bridgehead atoms. The highest BCUT2D eigenvalue weighted by Gasteiger charge is 2.49. The van der Waals surface area contributed by atoms with Gasteiger partial charge in [-0.2, -0.15) is 0 Å². The number of nitrogens with zero attached hydrogens (tertiary/aromatic N) is 1. The molecule has 1 N–H and O–H groups in total. The minimum absolute atomic E-state index is 0.334. The monoisotopic (exact) mass is 217 g/mol. The van der Waals surface area contributed by atoms with Gasteiger partial charge in [-0.1, -0.05) is 31.2 Å². The fourth-order valence-electron chi connectivity index (χ4n) is 3.50. The van der Waals surface area contributed by atoms with Crippen LogP contribution in [0.2, 0.25) is 0 Å². The van der Waals surface area contributed by atoms with E-state index in [2.05, 4.69) is 37.1 Å². The third-order valence-corrected chi connectivity index (χ3v) is 4.66. The first-order chi connectivity index (χ1) is 7.63. The largest absolute Gasteiger partial charge is 0.385 e. The van der Waals surface area contributed by atoms with Crippen molar-refractivity contribution in [3.8, 4) is 0 Å². The van der Waals surface area contributed by atoms with Gasteiger partial charge in [0.25, 0.3) is 0 Å². The molecule has 1 unspecified atom stereocenters. The molecule has 1 heterocycles. The van der Waals surface area contributed by atoms with Crippen LogP contribution in [0.15, 0.2) is 24.3 Å². The van der Waals surface area contributed by atoms with Gasteiger partial charge in [0.1, 0.15) is 0 Å². The zero-order valence-corrected chi connectivity index (χ0v) is 9.98. The molecule has 0 amide bonds. The van der Waals surface area contributed by atoms with Crippen molar-refractivity contribution >= 4 is 0 Å². The van der Waals surface area contributed by atoms with Crippen LogP contribution in [0.1, 0.15) is 24.5 Å². The number of hydrogen-bond donors (Lipinski definition) is 1. The van der Waals surface area contributed by atoms with Crippen LogP contribution < -0.4 is 0 Å². The molecule has 1 saturated heterocycles. The molecule has 0 saturated carbocycles. The van der Waals surface area contributed by atoms with Gasteiger partial charge >= 0.3 is 0 Å². The van der Waals surface area contributed by atoms with Crippen molar-refractivity contribution in [1.29, 1.82) is 0 Å². The summed E-state index contributed by atoms with van der Waals surface area (Å²) in [6.07, 6.45) is 1.94. The number of hydrogen-bond acceptors (Lipinski definition) is 2. The first kappa shape index (κ1) is 10.3. The third-order valence-electron chi connectivity index (χ3n) is 4.66. The lowest BCUT2D eigenvalue weighted by Crippen LogP contribution is -2.57. The number of aliphatic hydroxyl groups is 1. The van der Waals surface area contributed by atoms with Gasteiger partial charge in [0.15, 0.2) is 0 Å². The van der Waals surface area contributed by atoms with E-state index < -0.39 is 5.60 Å². The van der Waals surface area contributed by atoms with E-state index >= 15 is 0 Å². The smallest absolute Gasteiger partial charge is 0.0951 e. The first-order valence-corrected chi connectivity index (χ1v) is 6.14. The van der Waals surface area contributed by atoms with E-state index in [0.717, 1.165) is 19.4 Å². The van der Waals surface area contributed by atoms with E-state index in [0.29, 0.717) is 12.0 Å². The number of benzene rings is 1. The summed E-state index contributed by atoms with van der Waals surface area (Å²) in [7, 11) is 2.18. The van der Waals surface area contributed by atoms with Crippen molar-refractivity contribution in [2.75, 3.05) is 13.6 Å². The summed E-state index contributed by atoms with van der Waals surface area (Å²) in [5, 5.41) is 10.9. The second-order valence-corrected chi connectivity index (χ2v) is 5.37. The molecule has 2 nitrogen and oxygen atoms in total. The molecule has 0 spiro atoms. The Labute approximate surface area is 96.9 Å². The lowest BCUT2D eigenvalue weighted by Gasteiger charge is -2.52. The van der Waals surface area contributed by atoms with Crippen molar-refractivity contribution in [3.05, 3.63) is 35.4 Å². The second kappa shape index (κ2) is 3.31. The molecule has 0 aromatic heterocycles. The standard InChI is InChI=1S/C14H19NO/c1-10-13-9-11-5-3-4-6-12(11)14(10,16)7-8-15(13)2/h3-6,10,13,16H,7-9H2,1-2H3/t10-,13?,14+/m0/s1. The topological polar surface area (TPSA) is 23.5 Å². The van der Waals surface area contributed by atoms with Gasteiger partial charge in [-0.15, -0.1) is 0 Å². The van der Waals surface area contributed by atoms with Crippen LogP contribution in [0.25, 0.3) is 0 Å². The molecule has 3 atom stereocenters. The normalized spacial score (nSPS) is 38.2. The van der Waals surface area contributed by atoms with E-state index in [4.69, 9.17) is 0 Å². The molecule has 1 aromatic carbocycles. The SMILES string of the molecule is C[C@H]1C2Cc3ccccc3[C@@]1(O)CCN2C. The molecular weight excluding hydrogens is 198 g/mol. The highest BCUT2D eigenvalue weighted by Crippen LogP contribution is 2.46. The average molecular weight is 217 g/mol. The van der Waals surface area contributed by atoms with Crippen LogP contribution in [0, 0.1) is 5.92 Å². The summed E-state index contributed by atoms with van der Waals surface area (Å²) in [6.45, 7) is 3.19. The summed E-state index contributed by atoms with van der Waals surface area (Å²) >= 11 is 0. The average Bonchev–Trinajstić information content (AvgIpc) is 2.29. The van der Waals surface area contributed by atoms with Gasteiger partial charge in [0, 0.05) is 18.5 Å². The Hall–Kier alpha value is -0.860. The Morgan fingerprint density at radius 1 is 1.38 bits per heavy atom. The first-order valence-electron chi connectivity index (χ1n) is 6.14. The lowest BCUT2D eigenvalue weighted by atomic mass is 9.65. The zero-order chi connectivity index (χ0) is 11.3. The van der Waals surface area contributed by atoms with E-state index in [1.165, 1.54) is 11.1 Å². The van der Waals surface area contributed by atoms with Crippen molar-refractivity contribution in [2.24, 2.45) is 5.92 Å². The summed E-state index contributed by atoms with van der Waals surface area (Å²) in [4.78, 5) is 2.40. The van der Waals surface area contributed by atoms with Crippen LogP contribution in [0.5, 0.6) is 0 Å². The van der Waals surface area contributed by atoms with Crippen LogP contribution in [-0.4, -0.2) is 29.6 Å². The van der Waals surface area contributed by atoms with Gasteiger partial charge in [0.2, 0.25) is 0 Å². The minimum Gasteiger partial charge on any atom is -0.385 e. The van der Waals surface area contributed by atoms with Crippen LogP contribution in [0.4, 0.5) is 0 Å². The molecule has 86 valence electrons. The molecule has 2 aliphatic rings. The maximum atomic E-state index is 10.9. The van der Waals surface area contributed by atoms with Gasteiger partial charge in [0.05, 0.1) is 5.60 Å². The molecule has 1 aliphatic heterocycles.